The first kappa shape index (κ1) is 10.6. The first-order chi connectivity index (χ1) is 7.56. The third kappa shape index (κ3) is 2.02. The van der Waals surface area contributed by atoms with Crippen molar-refractivity contribution in [3.05, 3.63) is 22.1 Å². The average Bonchev–Trinajstić information content (AvgIpc) is 2.58. The van der Waals surface area contributed by atoms with Gasteiger partial charge in [-0.2, -0.15) is 0 Å². The highest BCUT2D eigenvalue weighted by Crippen LogP contribution is 2.35. The van der Waals surface area contributed by atoms with Gasteiger partial charge in [-0.25, -0.2) is 0 Å². The van der Waals surface area contributed by atoms with Crippen molar-refractivity contribution >= 4 is 11.7 Å². The Labute approximate surface area is 91.4 Å². The van der Waals surface area contributed by atoms with Gasteiger partial charge in [0, 0.05) is 18.9 Å². The number of hydrogen-bond acceptors (Lipinski definition) is 4. The minimum atomic E-state index is -0.524. The number of aromatic amines is 1. The Morgan fingerprint density at radius 3 is 2.88 bits per heavy atom. The summed E-state index contributed by atoms with van der Waals surface area (Å²) >= 11 is 0. The summed E-state index contributed by atoms with van der Waals surface area (Å²) in [5.41, 5.74) is 0. The van der Waals surface area contributed by atoms with E-state index in [1.54, 1.807) is 0 Å². The van der Waals surface area contributed by atoms with Crippen molar-refractivity contribution < 1.29 is 9.72 Å². The molecule has 7 heteroatoms. The van der Waals surface area contributed by atoms with E-state index in [0.29, 0.717) is 5.82 Å². The maximum atomic E-state index is 10.8. The fourth-order valence-corrected chi connectivity index (χ4v) is 1.88. The van der Waals surface area contributed by atoms with Crippen LogP contribution in [0.1, 0.15) is 31.5 Å². The topological polar surface area (TPSA) is 101 Å². The van der Waals surface area contributed by atoms with Crippen LogP contribution in [0.25, 0.3) is 0 Å². The molecular formula is C9H12N4O3. The zero-order valence-corrected chi connectivity index (χ0v) is 8.77. The van der Waals surface area contributed by atoms with Crippen molar-refractivity contribution in [1.29, 1.82) is 0 Å². The third-order valence-corrected chi connectivity index (χ3v) is 2.70. The van der Waals surface area contributed by atoms with E-state index in [4.69, 9.17) is 0 Å². The molecule has 0 aromatic carbocycles. The van der Waals surface area contributed by atoms with Crippen LogP contribution >= 0.6 is 0 Å². The number of imidazole rings is 1. The van der Waals surface area contributed by atoms with E-state index >= 15 is 0 Å². The predicted octanol–water partition coefficient (Wildman–Crippen LogP) is 0.700. The van der Waals surface area contributed by atoms with Gasteiger partial charge in [0.05, 0.1) is 0 Å². The van der Waals surface area contributed by atoms with Crippen LogP contribution in [0.4, 0.5) is 5.82 Å². The number of carbonyl (C=O) groups excluding carboxylic acids is 1. The predicted molar refractivity (Wildman–Crippen MR) is 54.8 cm³/mol. The monoisotopic (exact) mass is 224 g/mol. The summed E-state index contributed by atoms with van der Waals surface area (Å²) in [6.07, 6.45) is 2.86. The van der Waals surface area contributed by atoms with Crippen LogP contribution in [0, 0.1) is 10.1 Å². The molecule has 1 aliphatic rings. The van der Waals surface area contributed by atoms with Crippen LogP contribution in [0.15, 0.2) is 6.20 Å². The Kier molecular flexibility index (Phi) is 2.59. The van der Waals surface area contributed by atoms with Gasteiger partial charge in [-0.3, -0.25) is 4.79 Å². The van der Waals surface area contributed by atoms with Gasteiger partial charge in [0.25, 0.3) is 0 Å². The molecule has 7 nitrogen and oxygen atoms in total. The molecule has 0 spiro atoms. The zero-order chi connectivity index (χ0) is 11.7. The van der Waals surface area contributed by atoms with E-state index in [1.165, 1.54) is 13.1 Å². The van der Waals surface area contributed by atoms with Crippen LogP contribution in [0.2, 0.25) is 0 Å². The van der Waals surface area contributed by atoms with Crippen LogP contribution < -0.4 is 5.32 Å². The number of hydrogen-bond donors (Lipinski definition) is 2. The van der Waals surface area contributed by atoms with Crippen molar-refractivity contribution in [1.82, 2.24) is 15.3 Å². The second-order valence-electron chi connectivity index (χ2n) is 3.97. The number of nitro groups is 1. The highest BCUT2D eigenvalue weighted by Gasteiger charge is 2.35. The van der Waals surface area contributed by atoms with E-state index < -0.39 is 4.92 Å². The van der Waals surface area contributed by atoms with E-state index in [0.717, 1.165) is 12.8 Å². The zero-order valence-electron chi connectivity index (χ0n) is 8.77. The van der Waals surface area contributed by atoms with E-state index in [-0.39, 0.29) is 23.7 Å². The molecule has 1 aromatic heterocycles. The average molecular weight is 224 g/mol. The molecule has 2 rings (SSSR count). The molecule has 0 saturated heterocycles. The molecular weight excluding hydrogens is 212 g/mol. The van der Waals surface area contributed by atoms with Crippen molar-refractivity contribution in [2.75, 3.05) is 0 Å². The molecule has 1 heterocycles. The highest BCUT2D eigenvalue weighted by atomic mass is 16.6. The van der Waals surface area contributed by atoms with Crippen LogP contribution in [0.3, 0.4) is 0 Å². The molecule has 1 amide bonds. The summed E-state index contributed by atoms with van der Waals surface area (Å²) in [5.74, 6) is 0.616. The maximum absolute atomic E-state index is 10.8. The van der Waals surface area contributed by atoms with Crippen LogP contribution in [0.5, 0.6) is 0 Å². The summed E-state index contributed by atoms with van der Waals surface area (Å²) in [7, 11) is 0. The lowest BCUT2D eigenvalue weighted by Gasteiger charge is -2.32. The van der Waals surface area contributed by atoms with Gasteiger partial charge in [0.15, 0.2) is 0 Å². The molecule has 0 aliphatic heterocycles. The molecule has 1 fully saturated rings. The molecule has 0 atom stereocenters. The van der Waals surface area contributed by atoms with Crippen molar-refractivity contribution in [2.45, 2.75) is 31.7 Å². The van der Waals surface area contributed by atoms with Crippen LogP contribution in [-0.4, -0.2) is 26.8 Å². The van der Waals surface area contributed by atoms with Crippen molar-refractivity contribution in [3.63, 3.8) is 0 Å². The summed E-state index contributed by atoms with van der Waals surface area (Å²) in [6.45, 7) is 1.48. The van der Waals surface area contributed by atoms with Gasteiger partial charge < -0.3 is 20.4 Å². The number of rotatable bonds is 3. The normalized spacial score (nSPS) is 23.6. The third-order valence-electron chi connectivity index (χ3n) is 2.70. The Balaban J connectivity index is 1.91. The SMILES string of the molecule is CC(=O)N[C@H]1C[C@@H](c2nc([N+](=O)[O-])c[nH]2)C1. The minimum absolute atomic E-state index is 0.0473. The number of nitrogens with zero attached hydrogens (tertiary/aromatic N) is 2. The summed E-state index contributed by atoms with van der Waals surface area (Å²) in [4.78, 5) is 27.3. The molecule has 2 N–H and O–H groups in total. The van der Waals surface area contributed by atoms with E-state index in [1.807, 2.05) is 0 Å². The Morgan fingerprint density at radius 2 is 2.38 bits per heavy atom. The number of carbonyl (C=O) groups is 1. The number of amides is 1. The number of aromatic nitrogens is 2. The minimum Gasteiger partial charge on any atom is -0.358 e. The quantitative estimate of drug-likeness (QED) is 0.582. The van der Waals surface area contributed by atoms with Crippen molar-refractivity contribution in [2.24, 2.45) is 0 Å². The van der Waals surface area contributed by atoms with Gasteiger partial charge in [0.1, 0.15) is 6.20 Å². The second-order valence-corrected chi connectivity index (χ2v) is 3.97. The fourth-order valence-electron chi connectivity index (χ4n) is 1.88. The summed E-state index contributed by atoms with van der Waals surface area (Å²) in [6, 6.07) is 0.173. The Morgan fingerprint density at radius 1 is 1.69 bits per heavy atom. The van der Waals surface area contributed by atoms with E-state index in [9.17, 15) is 14.9 Å². The molecule has 1 aliphatic carbocycles. The number of nitrogens with one attached hydrogen (secondary N) is 2. The Bertz CT molecular complexity index is 422. The molecule has 0 unspecified atom stereocenters. The molecule has 86 valence electrons. The molecule has 0 radical (unpaired) electrons. The van der Waals surface area contributed by atoms with Crippen LogP contribution in [-0.2, 0) is 4.79 Å². The van der Waals surface area contributed by atoms with Gasteiger partial charge in [-0.05, 0) is 22.7 Å². The Hall–Kier alpha value is -1.92. The first-order valence-electron chi connectivity index (χ1n) is 5.03. The fraction of sp³-hybridized carbons (Fsp3) is 0.556. The largest absolute Gasteiger partial charge is 0.381 e. The highest BCUT2D eigenvalue weighted by molar-refractivity contribution is 5.73. The van der Waals surface area contributed by atoms with Gasteiger partial charge in [0.2, 0.25) is 11.7 Å². The van der Waals surface area contributed by atoms with E-state index in [2.05, 4.69) is 15.3 Å². The maximum Gasteiger partial charge on any atom is 0.381 e. The lowest BCUT2D eigenvalue weighted by atomic mass is 9.80. The van der Waals surface area contributed by atoms with Crippen molar-refractivity contribution in [3.8, 4) is 0 Å². The molecule has 16 heavy (non-hydrogen) atoms. The molecule has 1 saturated carbocycles. The first-order valence-corrected chi connectivity index (χ1v) is 5.03. The lowest BCUT2D eigenvalue weighted by molar-refractivity contribution is -0.389. The van der Waals surface area contributed by atoms with Gasteiger partial charge >= 0.3 is 5.82 Å². The molecule has 1 aromatic rings. The lowest BCUT2D eigenvalue weighted by Crippen LogP contribution is -2.42. The smallest absolute Gasteiger partial charge is 0.358 e. The number of H-pyrrole nitrogens is 1. The summed E-state index contributed by atoms with van der Waals surface area (Å²) in [5, 5.41) is 13.2. The second kappa shape index (κ2) is 3.92. The molecule has 0 bridgehead atoms. The standard InChI is InChI=1S/C9H12N4O3/c1-5(14)11-7-2-6(3-7)9-10-4-8(12-9)13(15)16/h4,6-7H,2-3H2,1H3,(H,10,12)(H,11,14)/t6-,7+. The van der Waals surface area contributed by atoms with Gasteiger partial charge in [-0.15, -0.1) is 0 Å². The van der Waals surface area contributed by atoms with Gasteiger partial charge in [-0.1, -0.05) is 0 Å². The summed E-state index contributed by atoms with van der Waals surface area (Å²) < 4.78 is 0.